The van der Waals surface area contributed by atoms with Gasteiger partial charge in [0.25, 0.3) is 0 Å². The Morgan fingerprint density at radius 1 is 1.26 bits per heavy atom. The van der Waals surface area contributed by atoms with Gasteiger partial charge >= 0.3 is 0 Å². The van der Waals surface area contributed by atoms with Crippen LogP contribution in [0.15, 0.2) is 24.3 Å². The Morgan fingerprint density at radius 3 is 2.47 bits per heavy atom. The van der Waals surface area contributed by atoms with Gasteiger partial charge in [0.2, 0.25) is 0 Å². The van der Waals surface area contributed by atoms with Crippen LogP contribution in [0.4, 0.5) is 0 Å². The van der Waals surface area contributed by atoms with Crippen molar-refractivity contribution in [3.05, 3.63) is 35.4 Å². The molecule has 0 heterocycles. The molecule has 1 aliphatic carbocycles. The van der Waals surface area contributed by atoms with Gasteiger partial charge in [-0.15, -0.1) is 0 Å². The zero-order valence-corrected chi connectivity index (χ0v) is 11.6. The van der Waals surface area contributed by atoms with E-state index in [9.17, 15) is 5.11 Å². The minimum Gasteiger partial charge on any atom is -0.387 e. The number of hydrogen-bond donors (Lipinski definition) is 2. The summed E-state index contributed by atoms with van der Waals surface area (Å²) in [6.07, 6.45) is 1.20. The third-order valence-electron chi connectivity index (χ3n) is 4.31. The van der Waals surface area contributed by atoms with Gasteiger partial charge in [0.05, 0.1) is 0 Å². The van der Waals surface area contributed by atoms with Crippen molar-refractivity contribution < 1.29 is 14.6 Å². The predicted octanol–water partition coefficient (Wildman–Crippen LogP) is 1.10. The molecule has 2 atom stereocenters. The van der Waals surface area contributed by atoms with E-state index in [1.807, 2.05) is 6.07 Å². The van der Waals surface area contributed by atoms with Gasteiger partial charge in [0.15, 0.2) is 6.29 Å². The highest BCUT2D eigenvalue weighted by Gasteiger charge is 2.43. The summed E-state index contributed by atoms with van der Waals surface area (Å²) in [6.45, 7) is 0.422. The number of ether oxygens (including phenoxy) is 2. The second-order valence-electron chi connectivity index (χ2n) is 5.30. The molecule has 0 saturated carbocycles. The quantitative estimate of drug-likeness (QED) is 0.783. The van der Waals surface area contributed by atoms with Gasteiger partial charge < -0.3 is 20.3 Å². The topological polar surface area (TPSA) is 64.7 Å². The predicted molar refractivity (Wildman–Crippen MR) is 73.8 cm³/mol. The molecule has 4 nitrogen and oxygen atoms in total. The monoisotopic (exact) mass is 265 g/mol. The van der Waals surface area contributed by atoms with E-state index in [2.05, 4.69) is 18.2 Å². The summed E-state index contributed by atoms with van der Waals surface area (Å²) < 4.78 is 10.4. The zero-order chi connectivity index (χ0) is 13.9. The Kier molecular flexibility index (Phi) is 4.58. The van der Waals surface area contributed by atoms with E-state index in [1.54, 1.807) is 14.2 Å². The molecule has 0 saturated heterocycles. The van der Waals surface area contributed by atoms with E-state index >= 15 is 0 Å². The van der Waals surface area contributed by atoms with Crippen LogP contribution in [0, 0.1) is 5.41 Å². The number of fused-ring (bicyclic) bond motifs is 1. The van der Waals surface area contributed by atoms with Crippen molar-refractivity contribution in [1.82, 2.24) is 0 Å². The minimum atomic E-state index is -0.721. The van der Waals surface area contributed by atoms with Crippen LogP contribution >= 0.6 is 0 Å². The molecule has 0 radical (unpaired) electrons. The third kappa shape index (κ3) is 2.67. The highest BCUT2D eigenvalue weighted by Crippen LogP contribution is 2.39. The fourth-order valence-corrected chi connectivity index (χ4v) is 3.02. The van der Waals surface area contributed by atoms with Crippen LogP contribution in [0.5, 0.6) is 0 Å². The Balaban J connectivity index is 2.26. The number of aryl methyl sites for hydroxylation is 1. The maximum Gasteiger partial charge on any atom is 0.183 e. The summed E-state index contributed by atoms with van der Waals surface area (Å²) >= 11 is 0. The number of hydrogen-bond acceptors (Lipinski definition) is 4. The van der Waals surface area contributed by atoms with E-state index in [0.717, 1.165) is 19.3 Å². The second-order valence-corrected chi connectivity index (χ2v) is 5.30. The first-order valence-electron chi connectivity index (χ1n) is 6.67. The van der Waals surface area contributed by atoms with Gasteiger partial charge in [-0.2, -0.15) is 0 Å². The van der Waals surface area contributed by atoms with Gasteiger partial charge in [0, 0.05) is 26.2 Å². The summed E-state index contributed by atoms with van der Waals surface area (Å²) in [4.78, 5) is 0. The first-order chi connectivity index (χ1) is 9.16. The van der Waals surface area contributed by atoms with Crippen molar-refractivity contribution in [3.8, 4) is 0 Å². The fourth-order valence-electron chi connectivity index (χ4n) is 3.02. The lowest BCUT2D eigenvalue weighted by Crippen LogP contribution is -2.52. The van der Waals surface area contributed by atoms with E-state index < -0.39 is 12.4 Å². The molecule has 0 bridgehead atoms. The molecule has 0 amide bonds. The highest BCUT2D eigenvalue weighted by molar-refractivity contribution is 5.31. The molecule has 0 aromatic heterocycles. The molecular weight excluding hydrogens is 242 g/mol. The molecule has 1 aromatic rings. The lowest BCUT2D eigenvalue weighted by Gasteiger charge is -2.43. The number of nitrogens with two attached hydrogens (primary N) is 1. The summed E-state index contributed by atoms with van der Waals surface area (Å²) in [5.74, 6) is 0. The number of rotatable bonds is 5. The summed E-state index contributed by atoms with van der Waals surface area (Å²) in [7, 11) is 3.08. The van der Waals surface area contributed by atoms with Crippen LogP contribution < -0.4 is 5.73 Å². The zero-order valence-electron chi connectivity index (χ0n) is 11.6. The van der Waals surface area contributed by atoms with E-state index in [-0.39, 0.29) is 5.41 Å². The largest absolute Gasteiger partial charge is 0.387 e. The van der Waals surface area contributed by atoms with Crippen LogP contribution in [0.2, 0.25) is 0 Å². The molecule has 3 N–H and O–H groups in total. The summed E-state index contributed by atoms with van der Waals surface area (Å²) in [6, 6.07) is 8.34. The average molecular weight is 265 g/mol. The molecule has 19 heavy (non-hydrogen) atoms. The number of aliphatic hydroxyl groups is 1. The van der Waals surface area contributed by atoms with E-state index in [0.29, 0.717) is 6.54 Å². The van der Waals surface area contributed by atoms with Crippen LogP contribution in [0.25, 0.3) is 0 Å². The van der Waals surface area contributed by atoms with Crippen molar-refractivity contribution in [3.63, 3.8) is 0 Å². The van der Waals surface area contributed by atoms with Crippen molar-refractivity contribution in [2.45, 2.75) is 31.7 Å². The van der Waals surface area contributed by atoms with Crippen molar-refractivity contribution in [1.29, 1.82) is 0 Å². The molecule has 0 spiro atoms. The normalized spacial score (nSPS) is 24.3. The van der Waals surface area contributed by atoms with Crippen LogP contribution in [-0.4, -0.2) is 38.3 Å². The third-order valence-corrected chi connectivity index (χ3v) is 4.31. The van der Waals surface area contributed by atoms with Gasteiger partial charge in [0.1, 0.15) is 6.10 Å². The fraction of sp³-hybridized carbons (Fsp3) is 0.600. The Hall–Kier alpha value is -0.940. The van der Waals surface area contributed by atoms with Gasteiger partial charge in [-0.3, -0.25) is 0 Å². The van der Waals surface area contributed by atoms with Crippen LogP contribution in [-0.2, 0) is 22.3 Å². The van der Waals surface area contributed by atoms with Crippen molar-refractivity contribution >= 4 is 0 Å². The molecular formula is C15H23NO3. The molecule has 0 fully saturated rings. The average Bonchev–Trinajstić information content (AvgIpc) is 2.47. The molecule has 0 aliphatic heterocycles. The van der Waals surface area contributed by atoms with E-state index in [1.165, 1.54) is 11.1 Å². The second kappa shape index (κ2) is 6.01. The van der Waals surface area contributed by atoms with Crippen LogP contribution in [0.3, 0.4) is 0 Å². The molecule has 2 rings (SSSR count). The standard InChI is InChI=1S/C15H23NO3/c1-18-14(19-2)13(17)15(10-16)8-7-11-5-3-4-6-12(11)9-15/h3-6,13-14,17H,7-10,16H2,1-2H3. The van der Waals surface area contributed by atoms with Crippen LogP contribution in [0.1, 0.15) is 17.5 Å². The molecule has 2 unspecified atom stereocenters. The van der Waals surface area contributed by atoms with Gasteiger partial charge in [-0.05, 0) is 30.4 Å². The summed E-state index contributed by atoms with van der Waals surface area (Å²) in [5, 5.41) is 10.6. The number of benzene rings is 1. The smallest absolute Gasteiger partial charge is 0.183 e. The lowest BCUT2D eigenvalue weighted by molar-refractivity contribution is -0.199. The maximum absolute atomic E-state index is 10.6. The molecule has 106 valence electrons. The van der Waals surface area contributed by atoms with E-state index in [4.69, 9.17) is 15.2 Å². The Labute approximate surface area is 114 Å². The Bertz CT molecular complexity index is 420. The molecule has 1 aromatic carbocycles. The Morgan fingerprint density at radius 2 is 1.89 bits per heavy atom. The SMILES string of the molecule is COC(OC)C(O)C1(CN)CCc2ccccc2C1. The van der Waals surface area contributed by atoms with Gasteiger partial charge in [-0.25, -0.2) is 0 Å². The number of aliphatic hydroxyl groups excluding tert-OH is 1. The molecule has 4 heteroatoms. The number of methoxy groups -OCH3 is 2. The van der Waals surface area contributed by atoms with Crippen molar-refractivity contribution in [2.24, 2.45) is 11.1 Å². The first kappa shape index (κ1) is 14.5. The first-order valence-corrected chi connectivity index (χ1v) is 6.67. The maximum atomic E-state index is 10.6. The molecule has 1 aliphatic rings. The highest BCUT2D eigenvalue weighted by atomic mass is 16.7. The minimum absolute atomic E-state index is 0.370. The van der Waals surface area contributed by atoms with Gasteiger partial charge in [-0.1, -0.05) is 24.3 Å². The summed E-state index contributed by atoms with van der Waals surface area (Å²) in [5.41, 5.74) is 8.22. The van der Waals surface area contributed by atoms with Crippen molar-refractivity contribution in [2.75, 3.05) is 20.8 Å². The lowest BCUT2D eigenvalue weighted by atomic mass is 9.68.